The minimum atomic E-state index is -0.0248. The molecular weight excluding hydrogens is 300 g/mol. The SMILES string of the molecule is CCn1cc(C(=O)N2CCC(Nc3nc(C)cs3)CC2)nn1. The maximum Gasteiger partial charge on any atom is 0.276 e. The lowest BCUT2D eigenvalue weighted by Crippen LogP contribution is -2.42. The topological polar surface area (TPSA) is 75.9 Å². The van der Waals surface area contributed by atoms with E-state index in [2.05, 4.69) is 20.6 Å². The lowest BCUT2D eigenvalue weighted by atomic mass is 10.1. The molecule has 0 unspecified atom stereocenters. The average Bonchev–Trinajstić information content (AvgIpc) is 3.16. The Morgan fingerprint density at radius 1 is 1.45 bits per heavy atom. The second kappa shape index (κ2) is 6.43. The Labute approximate surface area is 133 Å². The molecule has 0 aromatic carbocycles. The summed E-state index contributed by atoms with van der Waals surface area (Å²) in [5.41, 5.74) is 1.47. The Morgan fingerprint density at radius 3 is 2.82 bits per heavy atom. The van der Waals surface area contributed by atoms with Crippen molar-refractivity contribution in [3.63, 3.8) is 0 Å². The van der Waals surface area contributed by atoms with Crippen molar-refractivity contribution in [2.45, 2.75) is 39.3 Å². The maximum atomic E-state index is 12.4. The number of aromatic nitrogens is 4. The number of aryl methyl sites for hydroxylation is 2. The van der Waals surface area contributed by atoms with Gasteiger partial charge in [-0.2, -0.15) is 0 Å². The Bertz CT molecular complexity index is 643. The second-order valence-corrected chi connectivity index (χ2v) is 6.32. The monoisotopic (exact) mass is 320 g/mol. The lowest BCUT2D eigenvalue weighted by molar-refractivity contribution is 0.0712. The molecule has 118 valence electrons. The van der Waals surface area contributed by atoms with Crippen molar-refractivity contribution in [2.75, 3.05) is 18.4 Å². The summed E-state index contributed by atoms with van der Waals surface area (Å²) in [4.78, 5) is 18.7. The van der Waals surface area contributed by atoms with Crippen molar-refractivity contribution in [1.82, 2.24) is 24.9 Å². The molecule has 0 aliphatic carbocycles. The number of carbonyl (C=O) groups is 1. The molecule has 3 heterocycles. The van der Waals surface area contributed by atoms with Crippen LogP contribution in [0.2, 0.25) is 0 Å². The molecular formula is C14H20N6OS. The molecule has 3 rings (SSSR count). The number of rotatable bonds is 4. The third-order valence-corrected chi connectivity index (χ3v) is 4.70. The van der Waals surface area contributed by atoms with Gasteiger partial charge in [-0.25, -0.2) is 4.98 Å². The first-order valence-electron chi connectivity index (χ1n) is 7.53. The highest BCUT2D eigenvalue weighted by atomic mass is 32.1. The van der Waals surface area contributed by atoms with Gasteiger partial charge in [0.15, 0.2) is 10.8 Å². The van der Waals surface area contributed by atoms with Gasteiger partial charge in [-0.15, -0.1) is 16.4 Å². The van der Waals surface area contributed by atoms with E-state index in [1.807, 2.05) is 24.1 Å². The molecule has 1 fully saturated rings. The molecule has 22 heavy (non-hydrogen) atoms. The molecule has 0 bridgehead atoms. The van der Waals surface area contributed by atoms with E-state index in [-0.39, 0.29) is 5.91 Å². The van der Waals surface area contributed by atoms with E-state index in [0.29, 0.717) is 11.7 Å². The van der Waals surface area contributed by atoms with E-state index < -0.39 is 0 Å². The van der Waals surface area contributed by atoms with Gasteiger partial charge >= 0.3 is 0 Å². The van der Waals surface area contributed by atoms with Crippen molar-refractivity contribution in [2.24, 2.45) is 0 Å². The van der Waals surface area contributed by atoms with Crippen molar-refractivity contribution in [3.05, 3.63) is 23.0 Å². The predicted octanol–water partition coefficient (Wildman–Crippen LogP) is 1.78. The molecule has 7 nitrogen and oxygen atoms in total. The number of hydrogen-bond donors (Lipinski definition) is 1. The molecule has 0 atom stereocenters. The largest absolute Gasteiger partial charge is 0.359 e. The standard InChI is InChI=1S/C14H20N6OS/c1-3-20-8-12(17-18-20)13(21)19-6-4-11(5-7-19)16-14-15-10(2)9-22-14/h8-9,11H,3-7H2,1-2H3,(H,15,16). The van der Waals surface area contributed by atoms with Crippen LogP contribution in [0.4, 0.5) is 5.13 Å². The number of hydrogen-bond acceptors (Lipinski definition) is 6. The van der Waals surface area contributed by atoms with Crippen LogP contribution in [0.15, 0.2) is 11.6 Å². The highest BCUT2D eigenvalue weighted by molar-refractivity contribution is 7.13. The fraction of sp³-hybridized carbons (Fsp3) is 0.571. The number of amides is 1. The molecule has 0 radical (unpaired) electrons. The molecule has 1 saturated heterocycles. The fourth-order valence-electron chi connectivity index (χ4n) is 2.53. The van der Waals surface area contributed by atoms with Crippen molar-refractivity contribution < 1.29 is 4.79 Å². The van der Waals surface area contributed by atoms with Crippen molar-refractivity contribution in [1.29, 1.82) is 0 Å². The number of carbonyl (C=O) groups excluding carboxylic acids is 1. The van der Waals surface area contributed by atoms with Crippen LogP contribution in [0.3, 0.4) is 0 Å². The smallest absolute Gasteiger partial charge is 0.276 e. The second-order valence-electron chi connectivity index (χ2n) is 5.46. The van der Waals surface area contributed by atoms with Gasteiger partial charge in [0.2, 0.25) is 0 Å². The van der Waals surface area contributed by atoms with Crippen LogP contribution in [-0.4, -0.2) is 49.9 Å². The number of nitrogens with zero attached hydrogens (tertiary/aromatic N) is 5. The Morgan fingerprint density at radius 2 is 2.23 bits per heavy atom. The van der Waals surface area contributed by atoms with E-state index >= 15 is 0 Å². The van der Waals surface area contributed by atoms with E-state index in [1.54, 1.807) is 22.2 Å². The van der Waals surface area contributed by atoms with Crippen molar-refractivity contribution >= 4 is 22.4 Å². The van der Waals surface area contributed by atoms with Crippen LogP contribution in [0.25, 0.3) is 0 Å². The van der Waals surface area contributed by atoms with Crippen LogP contribution in [0, 0.1) is 6.92 Å². The van der Waals surface area contributed by atoms with E-state index in [9.17, 15) is 4.79 Å². The molecule has 1 aliphatic rings. The molecule has 1 amide bonds. The minimum absolute atomic E-state index is 0.0248. The van der Waals surface area contributed by atoms with Crippen LogP contribution in [0.1, 0.15) is 35.9 Å². The van der Waals surface area contributed by atoms with Crippen molar-refractivity contribution in [3.8, 4) is 0 Å². The highest BCUT2D eigenvalue weighted by Crippen LogP contribution is 2.20. The van der Waals surface area contributed by atoms with Gasteiger partial charge in [0, 0.05) is 31.1 Å². The summed E-state index contributed by atoms with van der Waals surface area (Å²) >= 11 is 1.63. The highest BCUT2D eigenvalue weighted by Gasteiger charge is 2.25. The quantitative estimate of drug-likeness (QED) is 0.929. The fourth-order valence-corrected chi connectivity index (χ4v) is 3.30. The molecule has 1 aliphatic heterocycles. The molecule has 0 spiro atoms. The summed E-state index contributed by atoms with van der Waals surface area (Å²) < 4.78 is 1.67. The van der Waals surface area contributed by atoms with Gasteiger partial charge in [0.05, 0.1) is 11.9 Å². The molecule has 2 aromatic rings. The summed E-state index contributed by atoms with van der Waals surface area (Å²) in [5.74, 6) is -0.0248. The predicted molar refractivity (Wildman–Crippen MR) is 85.1 cm³/mol. The number of likely N-dealkylation sites (tertiary alicyclic amines) is 1. The van der Waals surface area contributed by atoms with Gasteiger partial charge in [0.1, 0.15) is 0 Å². The first kappa shape index (κ1) is 15.0. The third-order valence-electron chi connectivity index (χ3n) is 3.81. The number of piperidine rings is 1. The first-order chi connectivity index (χ1) is 10.7. The maximum absolute atomic E-state index is 12.4. The zero-order valence-corrected chi connectivity index (χ0v) is 13.6. The molecule has 0 saturated carbocycles. The van der Waals surface area contributed by atoms with Crippen LogP contribution < -0.4 is 5.32 Å². The summed E-state index contributed by atoms with van der Waals surface area (Å²) in [5, 5.41) is 14.3. The summed E-state index contributed by atoms with van der Waals surface area (Å²) in [6.07, 6.45) is 3.56. The number of anilines is 1. The van der Waals surface area contributed by atoms with Gasteiger partial charge < -0.3 is 10.2 Å². The minimum Gasteiger partial charge on any atom is -0.359 e. The Balaban J connectivity index is 1.53. The summed E-state index contributed by atoms with van der Waals surface area (Å²) in [6.45, 7) is 6.16. The van der Waals surface area contributed by atoms with Crippen LogP contribution in [0.5, 0.6) is 0 Å². The van der Waals surface area contributed by atoms with E-state index in [1.165, 1.54) is 0 Å². The Kier molecular flexibility index (Phi) is 4.37. The van der Waals surface area contributed by atoms with Gasteiger partial charge in [-0.3, -0.25) is 9.48 Å². The third kappa shape index (κ3) is 3.27. The Hall–Kier alpha value is -1.96. The molecule has 2 aromatic heterocycles. The molecule has 8 heteroatoms. The molecule has 1 N–H and O–H groups in total. The van der Waals surface area contributed by atoms with Crippen LogP contribution >= 0.6 is 11.3 Å². The normalized spacial score (nSPS) is 16.0. The van der Waals surface area contributed by atoms with Gasteiger partial charge in [-0.1, -0.05) is 5.21 Å². The first-order valence-corrected chi connectivity index (χ1v) is 8.41. The van der Waals surface area contributed by atoms with E-state index in [4.69, 9.17) is 0 Å². The number of thiazole rings is 1. The lowest BCUT2D eigenvalue weighted by Gasteiger charge is -2.31. The van der Waals surface area contributed by atoms with Gasteiger partial charge in [-0.05, 0) is 26.7 Å². The summed E-state index contributed by atoms with van der Waals surface area (Å²) in [7, 11) is 0. The van der Waals surface area contributed by atoms with Crippen LogP contribution in [-0.2, 0) is 6.54 Å². The number of nitrogens with one attached hydrogen (secondary N) is 1. The average molecular weight is 320 g/mol. The van der Waals surface area contributed by atoms with E-state index in [0.717, 1.165) is 43.3 Å². The summed E-state index contributed by atoms with van der Waals surface area (Å²) in [6, 6.07) is 0.376. The zero-order valence-electron chi connectivity index (χ0n) is 12.8. The zero-order chi connectivity index (χ0) is 15.5. The van der Waals surface area contributed by atoms with Gasteiger partial charge in [0.25, 0.3) is 5.91 Å².